The molecule has 3 N–H and O–H groups in total. The quantitative estimate of drug-likeness (QED) is 0.684. The lowest BCUT2D eigenvalue weighted by Gasteiger charge is -2.47. The molecule has 0 bridgehead atoms. The molecule has 0 aromatic carbocycles. The Balaban J connectivity index is 2.60. The molecule has 0 aliphatic heterocycles. The van der Waals surface area contributed by atoms with E-state index in [0.717, 1.165) is 12.8 Å². The van der Waals surface area contributed by atoms with E-state index in [0.29, 0.717) is 13.0 Å². The molecule has 0 aromatic heterocycles. The first kappa shape index (κ1) is 14.9. The highest BCUT2D eigenvalue weighted by Gasteiger charge is 2.40. The fourth-order valence-electron chi connectivity index (χ4n) is 2.23. The fourth-order valence-corrected chi connectivity index (χ4v) is 3.63. The van der Waals surface area contributed by atoms with Gasteiger partial charge in [0.2, 0.25) is 10.0 Å². The van der Waals surface area contributed by atoms with Crippen molar-refractivity contribution < 1.29 is 8.42 Å². The van der Waals surface area contributed by atoms with Gasteiger partial charge in [0.15, 0.2) is 0 Å². The van der Waals surface area contributed by atoms with Gasteiger partial charge in [-0.15, -0.1) is 0 Å². The van der Waals surface area contributed by atoms with Crippen LogP contribution in [0.5, 0.6) is 0 Å². The Morgan fingerprint density at radius 1 is 1.41 bits per heavy atom. The summed E-state index contributed by atoms with van der Waals surface area (Å²) in [5.41, 5.74) is 5.50. The molecule has 0 heterocycles. The predicted molar refractivity (Wildman–Crippen MR) is 70.3 cm³/mol. The molecule has 1 saturated carbocycles. The average Bonchev–Trinajstić information content (AvgIpc) is 2.16. The van der Waals surface area contributed by atoms with Gasteiger partial charge in [0, 0.05) is 18.6 Å². The molecule has 0 amide bonds. The highest BCUT2D eigenvalue weighted by atomic mass is 32.2. The van der Waals surface area contributed by atoms with Crippen molar-refractivity contribution in [3.63, 3.8) is 0 Å². The molecule has 6 heteroatoms. The minimum Gasteiger partial charge on any atom is -0.329 e. The number of likely N-dealkylation sites (N-methyl/N-ethyl adjacent to an activating group) is 1. The normalized spacial score (nSPS) is 21.2. The van der Waals surface area contributed by atoms with Gasteiger partial charge in [-0.1, -0.05) is 6.92 Å². The third-order valence-corrected chi connectivity index (χ3v) is 5.94. The molecular formula is C11H25N3O2S. The van der Waals surface area contributed by atoms with Crippen molar-refractivity contribution in [2.24, 2.45) is 5.73 Å². The molecule has 1 aliphatic carbocycles. The molecule has 1 unspecified atom stereocenters. The molecular weight excluding hydrogens is 238 g/mol. The van der Waals surface area contributed by atoms with Crippen LogP contribution in [0, 0.1) is 0 Å². The fraction of sp³-hybridized carbons (Fsp3) is 1.00. The van der Waals surface area contributed by atoms with Gasteiger partial charge in [-0.3, -0.25) is 0 Å². The zero-order valence-corrected chi connectivity index (χ0v) is 11.9. The summed E-state index contributed by atoms with van der Waals surface area (Å²) in [5, 5.41) is -0.471. The van der Waals surface area contributed by atoms with Crippen LogP contribution >= 0.6 is 0 Å². The summed E-state index contributed by atoms with van der Waals surface area (Å²) < 4.78 is 26.7. The first-order chi connectivity index (χ1) is 7.88. The Morgan fingerprint density at radius 2 is 2.00 bits per heavy atom. The van der Waals surface area contributed by atoms with E-state index in [1.807, 2.05) is 21.0 Å². The van der Waals surface area contributed by atoms with Crippen LogP contribution in [0.1, 0.15) is 32.6 Å². The Kier molecular flexibility index (Phi) is 4.95. The minimum atomic E-state index is -3.27. The molecule has 102 valence electrons. The van der Waals surface area contributed by atoms with Crippen molar-refractivity contribution in [3.8, 4) is 0 Å². The van der Waals surface area contributed by atoms with Crippen LogP contribution in [-0.4, -0.2) is 51.3 Å². The molecule has 1 rings (SSSR count). The maximum atomic E-state index is 12.0. The standard InChI is InChI=1S/C11H25N3O2S/c1-4-10(8-12)17(15,16)13-9-11(14(2)3)6-5-7-11/h10,13H,4-9,12H2,1-3H3. The van der Waals surface area contributed by atoms with E-state index in [4.69, 9.17) is 5.73 Å². The number of hydrogen-bond donors (Lipinski definition) is 2. The average molecular weight is 263 g/mol. The number of nitrogens with one attached hydrogen (secondary N) is 1. The summed E-state index contributed by atoms with van der Waals surface area (Å²) in [6.45, 7) is 2.53. The summed E-state index contributed by atoms with van der Waals surface area (Å²) in [6, 6.07) is 0. The van der Waals surface area contributed by atoms with Crippen LogP contribution in [0.3, 0.4) is 0 Å². The third-order valence-electron chi connectivity index (χ3n) is 3.99. The first-order valence-electron chi connectivity index (χ1n) is 6.24. The second kappa shape index (κ2) is 5.65. The zero-order valence-electron chi connectivity index (χ0n) is 11.1. The molecule has 0 saturated heterocycles. The van der Waals surface area contributed by atoms with Gasteiger partial charge < -0.3 is 10.6 Å². The Bertz CT molecular complexity index is 333. The smallest absolute Gasteiger partial charge is 0.215 e. The van der Waals surface area contributed by atoms with E-state index in [1.165, 1.54) is 6.42 Å². The predicted octanol–water partition coefficient (Wildman–Crippen LogP) is 0.127. The van der Waals surface area contributed by atoms with Gasteiger partial charge in [0.25, 0.3) is 0 Å². The van der Waals surface area contributed by atoms with Crippen molar-refractivity contribution in [1.82, 2.24) is 9.62 Å². The zero-order chi connectivity index (χ0) is 13.1. The van der Waals surface area contributed by atoms with E-state index in [2.05, 4.69) is 9.62 Å². The number of rotatable bonds is 7. The SMILES string of the molecule is CCC(CN)S(=O)(=O)NCC1(N(C)C)CCC1. The van der Waals surface area contributed by atoms with E-state index in [9.17, 15) is 8.42 Å². The van der Waals surface area contributed by atoms with Crippen molar-refractivity contribution in [1.29, 1.82) is 0 Å². The highest BCUT2D eigenvalue weighted by Crippen LogP contribution is 2.35. The summed E-state index contributed by atoms with van der Waals surface area (Å²) >= 11 is 0. The lowest BCUT2D eigenvalue weighted by Crippen LogP contribution is -2.58. The van der Waals surface area contributed by atoms with Gasteiger partial charge >= 0.3 is 0 Å². The monoisotopic (exact) mass is 263 g/mol. The highest BCUT2D eigenvalue weighted by molar-refractivity contribution is 7.90. The van der Waals surface area contributed by atoms with Crippen molar-refractivity contribution in [2.45, 2.75) is 43.4 Å². The van der Waals surface area contributed by atoms with Crippen LogP contribution < -0.4 is 10.5 Å². The van der Waals surface area contributed by atoms with Crippen molar-refractivity contribution >= 4 is 10.0 Å². The third kappa shape index (κ3) is 3.19. The molecule has 1 atom stereocenters. The first-order valence-corrected chi connectivity index (χ1v) is 7.78. The largest absolute Gasteiger partial charge is 0.329 e. The van der Waals surface area contributed by atoms with E-state index in [1.54, 1.807) is 0 Å². The van der Waals surface area contributed by atoms with Gasteiger partial charge in [-0.05, 0) is 39.8 Å². The van der Waals surface area contributed by atoms with Crippen LogP contribution in [0.2, 0.25) is 0 Å². The van der Waals surface area contributed by atoms with Crippen molar-refractivity contribution in [2.75, 3.05) is 27.2 Å². The molecule has 5 nitrogen and oxygen atoms in total. The minimum absolute atomic E-state index is 0.0138. The van der Waals surface area contributed by atoms with E-state index < -0.39 is 15.3 Å². The van der Waals surface area contributed by atoms with Crippen LogP contribution in [0.15, 0.2) is 0 Å². The molecule has 0 aromatic rings. The van der Waals surface area contributed by atoms with Crippen LogP contribution in [0.4, 0.5) is 0 Å². The van der Waals surface area contributed by atoms with Gasteiger partial charge in [-0.2, -0.15) is 0 Å². The molecule has 1 aliphatic rings. The topological polar surface area (TPSA) is 75.4 Å². The number of nitrogens with zero attached hydrogens (tertiary/aromatic N) is 1. The van der Waals surface area contributed by atoms with Crippen LogP contribution in [0.25, 0.3) is 0 Å². The Morgan fingerprint density at radius 3 is 2.29 bits per heavy atom. The molecule has 0 spiro atoms. The number of hydrogen-bond acceptors (Lipinski definition) is 4. The second-order valence-corrected chi connectivity index (χ2v) is 7.15. The van der Waals surface area contributed by atoms with Gasteiger partial charge in [0.1, 0.15) is 0 Å². The molecule has 1 fully saturated rings. The molecule has 0 radical (unpaired) electrons. The summed E-state index contributed by atoms with van der Waals surface area (Å²) in [4.78, 5) is 2.13. The summed E-state index contributed by atoms with van der Waals surface area (Å²) in [5.74, 6) is 0. The number of nitrogens with two attached hydrogens (primary N) is 1. The van der Waals surface area contributed by atoms with Crippen molar-refractivity contribution in [3.05, 3.63) is 0 Å². The Hall–Kier alpha value is -0.170. The van der Waals surface area contributed by atoms with E-state index in [-0.39, 0.29) is 12.1 Å². The molecule has 17 heavy (non-hydrogen) atoms. The van der Waals surface area contributed by atoms with E-state index >= 15 is 0 Å². The summed E-state index contributed by atoms with van der Waals surface area (Å²) in [6.07, 6.45) is 3.85. The number of sulfonamides is 1. The van der Waals surface area contributed by atoms with Gasteiger partial charge in [0.05, 0.1) is 5.25 Å². The lowest BCUT2D eigenvalue weighted by molar-refractivity contribution is 0.0656. The summed E-state index contributed by atoms with van der Waals surface area (Å²) in [7, 11) is 0.748. The maximum absolute atomic E-state index is 12.0. The second-order valence-electron chi connectivity index (χ2n) is 5.10. The lowest BCUT2D eigenvalue weighted by atomic mass is 9.76. The maximum Gasteiger partial charge on any atom is 0.215 e. The Labute approximate surface area is 105 Å². The van der Waals surface area contributed by atoms with Crippen LogP contribution in [-0.2, 0) is 10.0 Å². The van der Waals surface area contributed by atoms with Gasteiger partial charge in [-0.25, -0.2) is 13.1 Å².